The Labute approximate surface area is 315 Å². The smallest absolute Gasteiger partial charge is 0.143 e. The Balaban J connectivity index is 1.54. The summed E-state index contributed by atoms with van der Waals surface area (Å²) in [5.74, 6) is -0.533. The summed E-state index contributed by atoms with van der Waals surface area (Å²) < 4.78 is 205. The average molecular weight is 645 g/mol. The lowest BCUT2D eigenvalue weighted by Gasteiger charge is -2.18. The molecule has 10 aromatic rings. The molecule has 49 heavy (non-hydrogen) atoms. The predicted octanol–water partition coefficient (Wildman–Crippen LogP) is 13.7. The van der Waals surface area contributed by atoms with E-state index in [9.17, 15) is 9.60 Å². The first-order chi connectivity index (χ1) is 33.5. The minimum atomic E-state index is -0.819. The number of rotatable bonds is 4. The van der Waals surface area contributed by atoms with E-state index in [4.69, 9.17) is 25.0 Å². The van der Waals surface area contributed by atoms with E-state index in [1.54, 1.807) is 30.3 Å². The molecular formula is C48H30O. The number of hydrogen-bond acceptors (Lipinski definition) is 1. The third-order valence-electron chi connectivity index (χ3n) is 8.45. The van der Waals surface area contributed by atoms with Gasteiger partial charge in [0.15, 0.2) is 0 Å². The van der Waals surface area contributed by atoms with E-state index < -0.39 is 166 Å². The van der Waals surface area contributed by atoms with Gasteiger partial charge in [-0.15, -0.1) is 0 Å². The monoisotopic (exact) mass is 644 g/mol. The van der Waals surface area contributed by atoms with Crippen molar-refractivity contribution >= 4 is 54.1 Å². The molecule has 9 aromatic carbocycles. The molecule has 0 atom stereocenters. The summed E-state index contributed by atoms with van der Waals surface area (Å²) in [6.07, 6.45) is 0. The second-order valence-electron chi connectivity index (χ2n) is 11.1. The molecule has 1 nitrogen and oxygen atoms in total. The van der Waals surface area contributed by atoms with E-state index in [-0.39, 0.29) is 65.9 Å². The Morgan fingerprint density at radius 2 is 0.959 bits per heavy atom. The van der Waals surface area contributed by atoms with Gasteiger partial charge in [-0.1, -0.05) is 163 Å². The fourth-order valence-corrected chi connectivity index (χ4v) is 6.36. The molecule has 1 heterocycles. The molecule has 0 saturated carbocycles. The lowest BCUT2D eigenvalue weighted by molar-refractivity contribution is 0.632. The van der Waals surface area contributed by atoms with Gasteiger partial charge < -0.3 is 4.42 Å². The predicted molar refractivity (Wildman–Crippen MR) is 208 cm³/mol. The molecule has 0 aliphatic heterocycles. The molecule has 228 valence electrons. The van der Waals surface area contributed by atoms with E-state index >= 15 is 0 Å². The van der Waals surface area contributed by atoms with E-state index in [1.165, 1.54) is 18.2 Å². The quantitative estimate of drug-likeness (QED) is 0.137. The zero-order valence-electron chi connectivity index (χ0n) is 47.0. The Morgan fingerprint density at radius 3 is 1.67 bits per heavy atom. The number of benzene rings is 9. The van der Waals surface area contributed by atoms with Crippen molar-refractivity contribution in [3.8, 4) is 44.7 Å². The average Bonchev–Trinajstić information content (AvgIpc) is 3.72. The van der Waals surface area contributed by atoms with E-state index in [0.29, 0.717) is 0 Å². The van der Waals surface area contributed by atoms with Crippen LogP contribution >= 0.6 is 0 Å². The molecule has 0 unspecified atom stereocenters. The largest absolute Gasteiger partial charge is 0.455 e. The summed E-state index contributed by atoms with van der Waals surface area (Å²) in [4.78, 5) is 0. The van der Waals surface area contributed by atoms with Gasteiger partial charge in [0.25, 0.3) is 0 Å². The number of fused-ring (bicyclic) bond motifs is 6. The van der Waals surface area contributed by atoms with Crippen molar-refractivity contribution in [2.45, 2.75) is 0 Å². The highest BCUT2D eigenvalue weighted by molar-refractivity contribution is 6.25. The highest BCUT2D eigenvalue weighted by atomic mass is 16.3. The van der Waals surface area contributed by atoms with E-state index in [2.05, 4.69) is 0 Å². The summed E-state index contributed by atoms with van der Waals surface area (Å²) in [6.45, 7) is 0. The van der Waals surface area contributed by atoms with Gasteiger partial charge >= 0.3 is 0 Å². The normalized spacial score (nSPS) is 18.0. The molecule has 0 saturated heterocycles. The summed E-state index contributed by atoms with van der Waals surface area (Å²) in [6, 6.07) is -3.54. The first-order valence-corrected chi connectivity index (χ1v) is 15.1. The molecule has 0 spiro atoms. The zero-order chi connectivity index (χ0) is 51.5. The van der Waals surface area contributed by atoms with Crippen molar-refractivity contribution in [3.05, 3.63) is 181 Å². The summed E-state index contributed by atoms with van der Waals surface area (Å²) in [5, 5.41) is -3.04. The fraction of sp³-hybridized carbons (Fsp3) is 0. The highest BCUT2D eigenvalue weighted by Gasteiger charge is 2.24. The maximum absolute atomic E-state index is 9.92. The van der Waals surface area contributed by atoms with Crippen molar-refractivity contribution in [3.63, 3.8) is 0 Å². The second-order valence-corrected chi connectivity index (χ2v) is 11.1. The Morgan fingerprint density at radius 1 is 0.367 bits per heavy atom. The zero-order valence-corrected chi connectivity index (χ0v) is 25.0. The van der Waals surface area contributed by atoms with Crippen LogP contribution in [0.3, 0.4) is 0 Å². The SMILES string of the molecule is [2H]c1c([2H])c([2H])c(-c2ccc3oc(-c4c([2H])c([2H])c5c([2H])c([2H])c6c([2H])c([2H])c([2H])c([2H])c6c5c4[2H])c(-c4c5c([2H])c([2H])c([2H])c([2H])c5c(-c5ccccc5)c5c([2H])c([2H])c([2H])c([2H])c45)c3c2)c([2H])c1[2H]. The third-order valence-corrected chi connectivity index (χ3v) is 8.45. The van der Waals surface area contributed by atoms with Gasteiger partial charge in [-0.05, 0) is 83.5 Å². The summed E-state index contributed by atoms with van der Waals surface area (Å²) in [5.41, 5.74) is -1.42. The van der Waals surface area contributed by atoms with Crippen molar-refractivity contribution in [1.29, 1.82) is 0 Å². The first kappa shape index (κ1) is 13.6. The molecule has 0 bridgehead atoms. The Kier molecular flexibility index (Phi) is 3.07. The minimum absolute atomic E-state index is 0.0104. The molecule has 1 aromatic heterocycles. The van der Waals surface area contributed by atoms with Crippen LogP contribution in [-0.2, 0) is 0 Å². The van der Waals surface area contributed by atoms with Crippen LogP contribution in [0.15, 0.2) is 186 Å². The van der Waals surface area contributed by atoms with Crippen LogP contribution in [0.1, 0.15) is 30.2 Å². The van der Waals surface area contributed by atoms with Gasteiger partial charge in [-0.25, -0.2) is 0 Å². The minimum Gasteiger partial charge on any atom is -0.455 e. The molecule has 0 radical (unpaired) electrons. The van der Waals surface area contributed by atoms with Crippen molar-refractivity contribution in [1.82, 2.24) is 0 Å². The fourth-order valence-electron chi connectivity index (χ4n) is 6.36. The van der Waals surface area contributed by atoms with E-state index in [0.717, 1.165) is 0 Å². The molecule has 1 heteroatoms. The Hall–Kier alpha value is -6.44. The molecule has 0 amide bonds. The van der Waals surface area contributed by atoms with Gasteiger partial charge in [-0.3, -0.25) is 0 Å². The van der Waals surface area contributed by atoms with Gasteiger partial charge in [0.05, 0.1) is 30.2 Å². The molecule has 10 rings (SSSR count). The third kappa shape index (κ3) is 4.40. The maximum Gasteiger partial charge on any atom is 0.143 e. The van der Waals surface area contributed by atoms with Gasteiger partial charge in [-0.2, -0.15) is 0 Å². The maximum atomic E-state index is 9.92. The van der Waals surface area contributed by atoms with Crippen LogP contribution in [0.5, 0.6) is 0 Å². The van der Waals surface area contributed by atoms with Crippen LogP contribution in [0.2, 0.25) is 0 Å². The van der Waals surface area contributed by atoms with Crippen molar-refractivity contribution in [2.75, 3.05) is 0 Å². The topological polar surface area (TPSA) is 13.1 Å². The lowest BCUT2D eigenvalue weighted by Crippen LogP contribution is -1.91. The number of furan rings is 1. The van der Waals surface area contributed by atoms with Crippen molar-refractivity contribution < 1.29 is 34.6 Å². The molecule has 0 N–H and O–H groups in total. The standard InChI is InChI=1S/C48H30O/c1-3-13-31(14-4-1)35-27-28-44-43(29-35)47(48(49-44)36-26-25-33-24-23-32-15-7-8-18-37(32)42(33)30-36)46-40-21-11-9-19-38(40)45(34-16-5-2-6-17-34)39-20-10-12-22-41(39)46/h1-30H/i1D,3D,4D,7D,8D,9D,10D,11D,12D,13D,14D,15D,18D,19D,20D,21D,22D,23D,24D,25D,26D,30D. The van der Waals surface area contributed by atoms with Gasteiger partial charge in [0.2, 0.25) is 0 Å². The molecule has 0 aliphatic carbocycles. The number of hydrogen-bond donors (Lipinski definition) is 0. The highest BCUT2D eigenvalue weighted by Crippen LogP contribution is 2.50. The van der Waals surface area contributed by atoms with Crippen molar-refractivity contribution in [2.24, 2.45) is 0 Å². The summed E-state index contributed by atoms with van der Waals surface area (Å²) in [7, 11) is 0. The second kappa shape index (κ2) is 11.1. The van der Waals surface area contributed by atoms with Gasteiger partial charge in [0, 0.05) is 22.1 Å². The Bertz CT molecular complexity index is 4020. The van der Waals surface area contributed by atoms with Crippen LogP contribution in [0, 0.1) is 0 Å². The van der Waals surface area contributed by atoms with Crippen LogP contribution < -0.4 is 0 Å². The van der Waals surface area contributed by atoms with Crippen LogP contribution in [-0.4, -0.2) is 0 Å². The van der Waals surface area contributed by atoms with Gasteiger partial charge in [0.1, 0.15) is 11.3 Å². The van der Waals surface area contributed by atoms with Crippen LogP contribution in [0.25, 0.3) is 98.8 Å². The lowest BCUT2D eigenvalue weighted by atomic mass is 9.84. The first-order valence-electron chi connectivity index (χ1n) is 26.1. The molecule has 0 aliphatic rings. The van der Waals surface area contributed by atoms with Crippen LogP contribution in [0.4, 0.5) is 0 Å². The van der Waals surface area contributed by atoms with E-state index in [1.807, 2.05) is 0 Å². The summed E-state index contributed by atoms with van der Waals surface area (Å²) >= 11 is 0. The molecular weight excluding hydrogens is 593 g/mol. The molecule has 0 fully saturated rings.